The average Bonchev–Trinajstić information content (AvgIpc) is 3.14. The molecule has 0 saturated carbocycles. The fraction of sp³-hybridized carbons (Fsp3) is 0.294. The van der Waals surface area contributed by atoms with Crippen molar-refractivity contribution < 1.29 is 14.5 Å². The number of hydrogen-bond acceptors (Lipinski definition) is 7. The molecular formula is C17H21N5O3. The molecule has 1 aromatic carbocycles. The molecule has 0 aliphatic heterocycles. The maximum Gasteiger partial charge on any atom is 0.185 e. The van der Waals surface area contributed by atoms with Crippen LogP contribution >= 0.6 is 0 Å². The molecule has 0 bridgehead atoms. The summed E-state index contributed by atoms with van der Waals surface area (Å²) < 4.78 is 1.77. The van der Waals surface area contributed by atoms with E-state index in [4.69, 9.17) is 14.5 Å². The zero-order valence-corrected chi connectivity index (χ0v) is 14.7. The van der Waals surface area contributed by atoms with Crippen LogP contribution in [0.1, 0.15) is 25.0 Å². The van der Waals surface area contributed by atoms with E-state index in [1.807, 2.05) is 24.3 Å². The molecule has 0 fully saturated rings. The molecule has 0 spiro atoms. The molecule has 0 aliphatic rings. The van der Waals surface area contributed by atoms with Crippen LogP contribution in [0.25, 0.3) is 0 Å². The molecule has 1 aromatic heterocycles. The molecule has 0 saturated heterocycles. The minimum atomic E-state index is 0.269. The van der Waals surface area contributed by atoms with Gasteiger partial charge in [-0.25, -0.2) is 4.98 Å². The molecule has 132 valence electrons. The van der Waals surface area contributed by atoms with Crippen molar-refractivity contribution in [3.63, 3.8) is 0 Å². The van der Waals surface area contributed by atoms with E-state index in [0.29, 0.717) is 17.3 Å². The Morgan fingerprint density at radius 1 is 1.04 bits per heavy atom. The van der Waals surface area contributed by atoms with Gasteiger partial charge in [0.15, 0.2) is 5.84 Å². The highest BCUT2D eigenvalue weighted by molar-refractivity contribution is 6.40. The van der Waals surface area contributed by atoms with Crippen LogP contribution in [0.2, 0.25) is 0 Å². The monoisotopic (exact) mass is 343 g/mol. The topological polar surface area (TPSA) is 82.6 Å². The molecule has 0 unspecified atom stereocenters. The van der Waals surface area contributed by atoms with E-state index in [1.165, 1.54) is 14.2 Å². The van der Waals surface area contributed by atoms with E-state index in [2.05, 4.69) is 20.5 Å². The third kappa shape index (κ3) is 4.90. The first-order valence-electron chi connectivity index (χ1n) is 7.59. The van der Waals surface area contributed by atoms with Crippen molar-refractivity contribution in [2.75, 3.05) is 14.2 Å². The first-order valence-corrected chi connectivity index (χ1v) is 7.59. The van der Waals surface area contributed by atoms with Crippen molar-refractivity contribution in [2.45, 2.75) is 20.5 Å². The molecule has 1 heterocycles. The maximum atomic E-state index is 5.47. The molecular weight excluding hydrogens is 322 g/mol. The van der Waals surface area contributed by atoms with Crippen molar-refractivity contribution >= 4 is 17.3 Å². The van der Waals surface area contributed by atoms with Crippen LogP contribution in [0.3, 0.4) is 0 Å². The first-order chi connectivity index (χ1) is 12.2. The van der Waals surface area contributed by atoms with Crippen LogP contribution in [-0.4, -0.2) is 41.0 Å². The lowest BCUT2D eigenvalue weighted by Crippen LogP contribution is -2.15. The predicted octanol–water partition coefficient (Wildman–Crippen LogP) is 2.65. The van der Waals surface area contributed by atoms with Crippen LogP contribution in [0, 0.1) is 0 Å². The Morgan fingerprint density at radius 2 is 1.76 bits per heavy atom. The second-order valence-electron chi connectivity index (χ2n) is 5.03. The van der Waals surface area contributed by atoms with E-state index in [-0.39, 0.29) is 6.61 Å². The summed E-state index contributed by atoms with van der Waals surface area (Å²) in [5, 5.41) is 12.0. The molecule has 0 N–H and O–H groups in total. The zero-order chi connectivity index (χ0) is 18.1. The Morgan fingerprint density at radius 3 is 2.44 bits per heavy atom. The summed E-state index contributed by atoms with van der Waals surface area (Å²) in [5.74, 6) is 0.608. The lowest BCUT2D eigenvalue weighted by Gasteiger charge is -2.11. The van der Waals surface area contributed by atoms with Gasteiger partial charge in [-0.1, -0.05) is 39.7 Å². The molecule has 0 aliphatic carbocycles. The first kappa shape index (κ1) is 18.2. The smallest absolute Gasteiger partial charge is 0.185 e. The summed E-state index contributed by atoms with van der Waals surface area (Å²) in [6.45, 7) is 3.86. The van der Waals surface area contributed by atoms with Gasteiger partial charge in [-0.15, -0.1) is 0 Å². The second-order valence-corrected chi connectivity index (χ2v) is 5.03. The number of aromatic nitrogens is 2. The van der Waals surface area contributed by atoms with Crippen molar-refractivity contribution in [3.8, 4) is 0 Å². The summed E-state index contributed by atoms with van der Waals surface area (Å²) in [7, 11) is 2.99. The van der Waals surface area contributed by atoms with E-state index < -0.39 is 0 Å². The van der Waals surface area contributed by atoms with Gasteiger partial charge in [-0.05, 0) is 13.8 Å². The Bertz CT molecular complexity index is 766. The van der Waals surface area contributed by atoms with Crippen LogP contribution in [0.15, 0.2) is 58.5 Å². The van der Waals surface area contributed by atoms with E-state index in [0.717, 1.165) is 11.1 Å². The molecule has 2 aromatic rings. The third-order valence-corrected chi connectivity index (χ3v) is 3.36. The average molecular weight is 343 g/mol. The second kappa shape index (κ2) is 9.21. The highest BCUT2D eigenvalue weighted by Crippen LogP contribution is 2.13. The fourth-order valence-corrected chi connectivity index (χ4v) is 2.04. The van der Waals surface area contributed by atoms with E-state index in [9.17, 15) is 0 Å². The zero-order valence-electron chi connectivity index (χ0n) is 14.7. The van der Waals surface area contributed by atoms with Gasteiger partial charge in [0, 0.05) is 23.5 Å². The minimum Gasteiger partial charge on any atom is -0.399 e. The number of benzene rings is 1. The summed E-state index contributed by atoms with van der Waals surface area (Å²) in [6, 6.07) is 7.72. The summed E-state index contributed by atoms with van der Waals surface area (Å²) in [4.78, 5) is 19.2. The Balaban J connectivity index is 2.22. The van der Waals surface area contributed by atoms with Gasteiger partial charge < -0.3 is 14.5 Å². The highest BCUT2D eigenvalue weighted by Gasteiger charge is 2.12. The normalized spacial score (nSPS) is 12.9. The standard InChI is InChI=1S/C17H21N5O3/c1-13(19-23-3)14(2)20-25-11-15-7-5-6-8-16(15)17(21-24-4)22-10-9-18-12-22/h5-10,12H,11H2,1-4H3. The van der Waals surface area contributed by atoms with Crippen LogP contribution in [0.5, 0.6) is 0 Å². The Kier molecular flexibility index (Phi) is 6.70. The summed E-state index contributed by atoms with van der Waals surface area (Å²) in [6.07, 6.45) is 5.13. The van der Waals surface area contributed by atoms with Crippen LogP contribution in [-0.2, 0) is 21.1 Å². The van der Waals surface area contributed by atoms with Gasteiger partial charge in [-0.3, -0.25) is 4.57 Å². The fourth-order valence-electron chi connectivity index (χ4n) is 2.04. The number of nitrogens with zero attached hydrogens (tertiary/aromatic N) is 5. The molecule has 8 nitrogen and oxygen atoms in total. The summed E-state index contributed by atoms with van der Waals surface area (Å²) in [5.41, 5.74) is 3.05. The largest absolute Gasteiger partial charge is 0.399 e. The number of imidazole rings is 1. The lowest BCUT2D eigenvalue weighted by atomic mass is 10.1. The third-order valence-electron chi connectivity index (χ3n) is 3.36. The molecule has 8 heteroatoms. The Labute approximate surface area is 146 Å². The number of hydrogen-bond donors (Lipinski definition) is 0. The highest BCUT2D eigenvalue weighted by atomic mass is 16.6. The minimum absolute atomic E-state index is 0.269. The molecule has 25 heavy (non-hydrogen) atoms. The van der Waals surface area contributed by atoms with Gasteiger partial charge in [-0.2, -0.15) is 0 Å². The number of rotatable bonds is 7. The van der Waals surface area contributed by atoms with Gasteiger partial charge in [0.1, 0.15) is 38.6 Å². The van der Waals surface area contributed by atoms with E-state index in [1.54, 1.807) is 37.1 Å². The van der Waals surface area contributed by atoms with Gasteiger partial charge in [0.25, 0.3) is 0 Å². The maximum absolute atomic E-state index is 5.47. The molecule has 0 radical (unpaired) electrons. The molecule has 0 amide bonds. The van der Waals surface area contributed by atoms with Crippen LogP contribution in [0.4, 0.5) is 0 Å². The van der Waals surface area contributed by atoms with Crippen molar-refractivity contribution in [3.05, 3.63) is 54.1 Å². The SMILES string of the molecule is CON=C(C)C(C)=NOCc1ccccc1C(=NOC)n1ccnc1. The predicted molar refractivity (Wildman–Crippen MR) is 95.6 cm³/mol. The lowest BCUT2D eigenvalue weighted by molar-refractivity contribution is 0.130. The number of oxime groups is 3. The van der Waals surface area contributed by atoms with Crippen molar-refractivity contribution in [1.29, 1.82) is 0 Å². The Hall–Kier alpha value is -3.16. The molecule has 2 rings (SSSR count). The van der Waals surface area contributed by atoms with Gasteiger partial charge >= 0.3 is 0 Å². The molecule has 0 atom stereocenters. The van der Waals surface area contributed by atoms with Crippen LogP contribution < -0.4 is 0 Å². The summed E-state index contributed by atoms with van der Waals surface area (Å²) >= 11 is 0. The quantitative estimate of drug-likeness (QED) is 0.439. The van der Waals surface area contributed by atoms with Crippen molar-refractivity contribution in [2.24, 2.45) is 15.5 Å². The van der Waals surface area contributed by atoms with E-state index >= 15 is 0 Å². The van der Waals surface area contributed by atoms with Crippen molar-refractivity contribution in [1.82, 2.24) is 9.55 Å². The van der Waals surface area contributed by atoms with Gasteiger partial charge in [0.2, 0.25) is 0 Å². The van der Waals surface area contributed by atoms with Gasteiger partial charge in [0.05, 0.1) is 0 Å².